The van der Waals surface area contributed by atoms with Crippen molar-refractivity contribution in [1.82, 2.24) is 0 Å². The van der Waals surface area contributed by atoms with E-state index in [4.69, 9.17) is 5.73 Å². The molecule has 0 aromatic rings. The molecule has 78 valence electrons. The summed E-state index contributed by atoms with van der Waals surface area (Å²) in [5.41, 5.74) is 6.11. The summed E-state index contributed by atoms with van der Waals surface area (Å²) in [5.74, 6) is 0.722. The third kappa shape index (κ3) is 5.87. The molecule has 0 radical (unpaired) electrons. The average Bonchev–Trinajstić information content (AvgIpc) is 2.16. The van der Waals surface area contributed by atoms with Crippen molar-refractivity contribution in [3.05, 3.63) is 12.7 Å². The molecular weight excluding hydrogens is 158 g/mol. The third-order valence-corrected chi connectivity index (χ3v) is 2.76. The minimum atomic E-state index is 0.384. The van der Waals surface area contributed by atoms with Crippen molar-refractivity contribution in [2.75, 3.05) is 0 Å². The zero-order valence-electron chi connectivity index (χ0n) is 9.26. The Morgan fingerprint density at radius 1 is 1.31 bits per heavy atom. The van der Waals surface area contributed by atoms with E-state index in [1.54, 1.807) is 0 Å². The lowest BCUT2D eigenvalue weighted by molar-refractivity contribution is 0.357. The highest BCUT2D eigenvalue weighted by atomic mass is 14.6. The minimum absolute atomic E-state index is 0.384. The molecule has 1 nitrogen and oxygen atoms in total. The van der Waals surface area contributed by atoms with Gasteiger partial charge in [0.15, 0.2) is 0 Å². The molecule has 0 aliphatic heterocycles. The highest BCUT2D eigenvalue weighted by Crippen LogP contribution is 2.18. The summed E-state index contributed by atoms with van der Waals surface area (Å²) in [6, 6.07) is 0.384. The molecule has 13 heavy (non-hydrogen) atoms. The van der Waals surface area contributed by atoms with E-state index in [1.807, 2.05) is 6.08 Å². The predicted molar refractivity (Wildman–Crippen MR) is 60.7 cm³/mol. The van der Waals surface area contributed by atoms with E-state index in [9.17, 15) is 0 Å². The average molecular weight is 183 g/mol. The van der Waals surface area contributed by atoms with Crippen LogP contribution in [0.15, 0.2) is 12.7 Å². The summed E-state index contributed by atoms with van der Waals surface area (Å²) in [6.45, 7) is 8.21. The van der Waals surface area contributed by atoms with Crippen LogP contribution < -0.4 is 5.73 Å². The standard InChI is InChI=1S/C12H25N/c1-4-7-9-11(6-3)12(13)10-8-5-2/h5,11-12H,2,4,6-10,13H2,1,3H3. The van der Waals surface area contributed by atoms with Crippen LogP contribution in [0.2, 0.25) is 0 Å². The quantitative estimate of drug-likeness (QED) is 0.573. The first-order chi connectivity index (χ1) is 6.26. The lowest BCUT2D eigenvalue weighted by atomic mass is 9.89. The lowest BCUT2D eigenvalue weighted by Crippen LogP contribution is -2.29. The first-order valence-corrected chi connectivity index (χ1v) is 5.62. The third-order valence-electron chi connectivity index (χ3n) is 2.76. The SMILES string of the molecule is C=CCCC(N)C(CC)CCCC. The van der Waals surface area contributed by atoms with Gasteiger partial charge < -0.3 is 5.73 Å². The van der Waals surface area contributed by atoms with Crippen LogP contribution in [0.1, 0.15) is 52.4 Å². The fourth-order valence-electron chi connectivity index (χ4n) is 1.73. The highest BCUT2D eigenvalue weighted by Gasteiger charge is 2.13. The van der Waals surface area contributed by atoms with Crippen molar-refractivity contribution in [3.8, 4) is 0 Å². The van der Waals surface area contributed by atoms with E-state index in [0.29, 0.717) is 6.04 Å². The van der Waals surface area contributed by atoms with Crippen molar-refractivity contribution >= 4 is 0 Å². The van der Waals surface area contributed by atoms with Crippen molar-refractivity contribution in [2.24, 2.45) is 11.7 Å². The Hall–Kier alpha value is -0.300. The number of allylic oxidation sites excluding steroid dienone is 1. The van der Waals surface area contributed by atoms with Gasteiger partial charge in [-0.1, -0.05) is 39.2 Å². The van der Waals surface area contributed by atoms with Crippen LogP contribution in [-0.2, 0) is 0 Å². The van der Waals surface area contributed by atoms with Gasteiger partial charge in [0.05, 0.1) is 0 Å². The van der Waals surface area contributed by atoms with E-state index in [-0.39, 0.29) is 0 Å². The van der Waals surface area contributed by atoms with E-state index >= 15 is 0 Å². The summed E-state index contributed by atoms with van der Waals surface area (Å²) in [7, 11) is 0. The van der Waals surface area contributed by atoms with E-state index in [2.05, 4.69) is 20.4 Å². The summed E-state index contributed by atoms with van der Waals surface area (Å²) >= 11 is 0. The van der Waals surface area contributed by atoms with Gasteiger partial charge in [0.2, 0.25) is 0 Å². The maximum absolute atomic E-state index is 6.11. The Balaban J connectivity index is 3.69. The number of unbranched alkanes of at least 4 members (excludes halogenated alkanes) is 1. The fourth-order valence-corrected chi connectivity index (χ4v) is 1.73. The van der Waals surface area contributed by atoms with Crippen molar-refractivity contribution < 1.29 is 0 Å². The number of rotatable bonds is 8. The van der Waals surface area contributed by atoms with Crippen LogP contribution in [0.3, 0.4) is 0 Å². The van der Waals surface area contributed by atoms with Crippen molar-refractivity contribution in [2.45, 2.75) is 58.4 Å². The van der Waals surface area contributed by atoms with E-state index < -0.39 is 0 Å². The second-order valence-electron chi connectivity index (χ2n) is 3.84. The number of hydrogen-bond acceptors (Lipinski definition) is 1. The van der Waals surface area contributed by atoms with Gasteiger partial charge >= 0.3 is 0 Å². The summed E-state index contributed by atoms with van der Waals surface area (Å²) < 4.78 is 0. The number of hydrogen-bond donors (Lipinski definition) is 1. The predicted octanol–water partition coefficient (Wildman–Crippen LogP) is 3.50. The zero-order valence-corrected chi connectivity index (χ0v) is 9.26. The molecule has 0 aromatic heterocycles. The topological polar surface area (TPSA) is 26.0 Å². The van der Waals surface area contributed by atoms with Gasteiger partial charge in [0, 0.05) is 6.04 Å². The molecule has 0 aromatic carbocycles. The summed E-state index contributed by atoms with van der Waals surface area (Å²) in [5, 5.41) is 0. The molecule has 0 aliphatic rings. The van der Waals surface area contributed by atoms with E-state index in [0.717, 1.165) is 18.8 Å². The number of nitrogens with two attached hydrogens (primary N) is 1. The van der Waals surface area contributed by atoms with Gasteiger partial charge in [-0.2, -0.15) is 0 Å². The second kappa shape index (κ2) is 8.31. The summed E-state index contributed by atoms with van der Waals surface area (Å²) in [4.78, 5) is 0. The Morgan fingerprint density at radius 3 is 2.46 bits per heavy atom. The minimum Gasteiger partial charge on any atom is -0.327 e. The molecule has 0 bridgehead atoms. The molecule has 0 spiro atoms. The molecule has 0 saturated heterocycles. The van der Waals surface area contributed by atoms with Gasteiger partial charge in [0.1, 0.15) is 0 Å². The highest BCUT2D eigenvalue weighted by molar-refractivity contribution is 4.76. The first kappa shape index (κ1) is 12.7. The molecule has 2 N–H and O–H groups in total. The second-order valence-corrected chi connectivity index (χ2v) is 3.84. The maximum atomic E-state index is 6.11. The largest absolute Gasteiger partial charge is 0.327 e. The molecule has 1 heteroatoms. The molecule has 2 atom stereocenters. The molecule has 0 rings (SSSR count). The fraction of sp³-hybridized carbons (Fsp3) is 0.833. The van der Waals surface area contributed by atoms with Crippen LogP contribution >= 0.6 is 0 Å². The zero-order chi connectivity index (χ0) is 10.1. The molecule has 0 amide bonds. The first-order valence-electron chi connectivity index (χ1n) is 5.62. The Morgan fingerprint density at radius 2 is 2.00 bits per heavy atom. The Bertz CT molecular complexity index is 120. The maximum Gasteiger partial charge on any atom is 0.00700 e. The van der Waals surface area contributed by atoms with Gasteiger partial charge in [-0.3, -0.25) is 0 Å². The van der Waals surface area contributed by atoms with Crippen LogP contribution in [0.25, 0.3) is 0 Å². The molecule has 0 aliphatic carbocycles. The van der Waals surface area contributed by atoms with Gasteiger partial charge in [-0.15, -0.1) is 6.58 Å². The lowest BCUT2D eigenvalue weighted by Gasteiger charge is -2.21. The van der Waals surface area contributed by atoms with Crippen LogP contribution in [0, 0.1) is 5.92 Å². The van der Waals surface area contributed by atoms with Gasteiger partial charge in [-0.05, 0) is 25.2 Å². The van der Waals surface area contributed by atoms with Gasteiger partial charge in [0.25, 0.3) is 0 Å². The van der Waals surface area contributed by atoms with Crippen LogP contribution in [-0.4, -0.2) is 6.04 Å². The molecular formula is C12H25N. The van der Waals surface area contributed by atoms with E-state index in [1.165, 1.54) is 25.7 Å². The molecule has 0 saturated carbocycles. The molecule has 2 unspecified atom stereocenters. The van der Waals surface area contributed by atoms with Crippen LogP contribution in [0.4, 0.5) is 0 Å². The van der Waals surface area contributed by atoms with Crippen molar-refractivity contribution in [1.29, 1.82) is 0 Å². The Labute approximate surface area is 83.4 Å². The smallest absolute Gasteiger partial charge is 0.00700 e. The monoisotopic (exact) mass is 183 g/mol. The Kier molecular flexibility index (Phi) is 8.11. The normalized spacial score (nSPS) is 15.3. The van der Waals surface area contributed by atoms with Crippen molar-refractivity contribution in [3.63, 3.8) is 0 Å². The molecule has 0 fully saturated rings. The molecule has 0 heterocycles. The summed E-state index contributed by atoms with van der Waals surface area (Å²) in [6.07, 6.45) is 9.25. The van der Waals surface area contributed by atoms with Gasteiger partial charge in [-0.25, -0.2) is 0 Å². The van der Waals surface area contributed by atoms with Crippen LogP contribution in [0.5, 0.6) is 0 Å².